The number of ether oxygens (including phenoxy) is 1. The number of alkyl halides is 2. The average Bonchev–Trinajstić information content (AvgIpc) is 2.90. The highest BCUT2D eigenvalue weighted by molar-refractivity contribution is 5.76. The molecule has 1 fully saturated rings. The highest BCUT2D eigenvalue weighted by Gasteiger charge is 2.17. The van der Waals surface area contributed by atoms with Crippen molar-refractivity contribution in [2.45, 2.75) is 26.0 Å². The van der Waals surface area contributed by atoms with Gasteiger partial charge >= 0.3 is 6.61 Å². The maximum absolute atomic E-state index is 12.0. The molecule has 1 aromatic rings. The zero-order valence-electron chi connectivity index (χ0n) is 11.1. The first-order valence-electron chi connectivity index (χ1n) is 6.64. The third kappa shape index (κ3) is 4.77. The van der Waals surface area contributed by atoms with E-state index in [-0.39, 0.29) is 11.7 Å². The minimum absolute atomic E-state index is 0.0200. The summed E-state index contributed by atoms with van der Waals surface area (Å²) in [6.45, 7) is -0.550. The van der Waals surface area contributed by atoms with Crippen molar-refractivity contribution >= 4 is 5.91 Å². The number of carbonyl (C=O) groups is 1. The molecule has 0 aromatic heterocycles. The van der Waals surface area contributed by atoms with Gasteiger partial charge in [-0.25, -0.2) is 0 Å². The topological polar surface area (TPSA) is 50.4 Å². The summed E-state index contributed by atoms with van der Waals surface area (Å²) in [6.07, 6.45) is 1.56. The summed E-state index contributed by atoms with van der Waals surface area (Å²) >= 11 is 0. The predicted molar refractivity (Wildman–Crippen MR) is 70.5 cm³/mol. The zero-order chi connectivity index (χ0) is 14.4. The van der Waals surface area contributed by atoms with E-state index in [2.05, 4.69) is 15.4 Å². The van der Waals surface area contributed by atoms with E-state index >= 15 is 0 Å². The number of halogens is 2. The minimum atomic E-state index is -2.82. The average molecular weight is 284 g/mol. The second-order valence-corrected chi connectivity index (χ2v) is 4.86. The number of nitrogens with one attached hydrogen (secondary N) is 2. The molecule has 1 aliphatic heterocycles. The standard InChI is InChI=1S/C14H18F2N2O2/c15-14(16)20-12-3-1-10(2-4-12)9-18-13(19)7-11-5-6-17-8-11/h1-4,11,14,17H,5-9H2,(H,18,19). The van der Waals surface area contributed by atoms with Crippen molar-refractivity contribution in [1.82, 2.24) is 10.6 Å². The molecule has 2 rings (SSSR count). The van der Waals surface area contributed by atoms with Gasteiger partial charge in [-0.1, -0.05) is 12.1 Å². The fourth-order valence-electron chi connectivity index (χ4n) is 2.21. The molecule has 0 radical (unpaired) electrons. The highest BCUT2D eigenvalue weighted by Crippen LogP contribution is 2.15. The van der Waals surface area contributed by atoms with Gasteiger partial charge in [-0.15, -0.1) is 0 Å². The number of hydrogen-bond acceptors (Lipinski definition) is 3. The molecule has 1 aliphatic rings. The van der Waals surface area contributed by atoms with Gasteiger partial charge in [0.25, 0.3) is 0 Å². The zero-order valence-corrected chi connectivity index (χ0v) is 11.1. The number of amides is 1. The Hall–Kier alpha value is -1.69. The van der Waals surface area contributed by atoms with E-state index in [4.69, 9.17) is 0 Å². The quantitative estimate of drug-likeness (QED) is 0.839. The summed E-state index contributed by atoms with van der Waals surface area (Å²) in [5.74, 6) is 0.551. The fraction of sp³-hybridized carbons (Fsp3) is 0.500. The first-order valence-corrected chi connectivity index (χ1v) is 6.64. The van der Waals surface area contributed by atoms with Gasteiger partial charge in [0.2, 0.25) is 5.91 Å². The van der Waals surface area contributed by atoms with E-state index in [1.54, 1.807) is 12.1 Å². The SMILES string of the molecule is O=C(CC1CCNC1)NCc1ccc(OC(F)F)cc1. The Balaban J connectivity index is 1.74. The van der Waals surface area contributed by atoms with Gasteiger partial charge in [-0.05, 0) is 43.1 Å². The second-order valence-electron chi connectivity index (χ2n) is 4.86. The molecule has 0 spiro atoms. The van der Waals surface area contributed by atoms with Gasteiger partial charge < -0.3 is 15.4 Å². The Kier molecular flexibility index (Phi) is 5.29. The Labute approximate surface area is 116 Å². The van der Waals surface area contributed by atoms with E-state index in [1.807, 2.05) is 0 Å². The number of benzene rings is 1. The molecule has 4 nitrogen and oxygen atoms in total. The van der Waals surface area contributed by atoms with Gasteiger partial charge in [-0.3, -0.25) is 4.79 Å². The number of carbonyl (C=O) groups excluding carboxylic acids is 1. The molecule has 0 aliphatic carbocycles. The lowest BCUT2D eigenvalue weighted by molar-refractivity contribution is -0.122. The molecule has 0 saturated carbocycles. The van der Waals surface area contributed by atoms with E-state index < -0.39 is 6.61 Å². The summed E-state index contributed by atoms with van der Waals surface area (Å²) < 4.78 is 28.2. The van der Waals surface area contributed by atoms with Crippen molar-refractivity contribution in [3.8, 4) is 5.75 Å². The molecular weight excluding hydrogens is 266 g/mol. The van der Waals surface area contributed by atoms with E-state index in [1.165, 1.54) is 12.1 Å². The summed E-state index contributed by atoms with van der Waals surface area (Å²) in [7, 11) is 0. The van der Waals surface area contributed by atoms with Gasteiger partial charge in [0.15, 0.2) is 0 Å². The van der Waals surface area contributed by atoms with Crippen LogP contribution in [-0.2, 0) is 11.3 Å². The monoisotopic (exact) mass is 284 g/mol. The van der Waals surface area contributed by atoms with Crippen LogP contribution >= 0.6 is 0 Å². The smallest absolute Gasteiger partial charge is 0.387 e. The van der Waals surface area contributed by atoms with E-state index in [0.29, 0.717) is 18.9 Å². The molecule has 1 atom stereocenters. The molecule has 1 aromatic carbocycles. The molecule has 1 unspecified atom stereocenters. The van der Waals surface area contributed by atoms with Crippen LogP contribution in [0.4, 0.5) is 8.78 Å². The molecule has 1 heterocycles. The first-order chi connectivity index (χ1) is 9.63. The van der Waals surface area contributed by atoms with Gasteiger partial charge in [0.05, 0.1) is 0 Å². The Morgan fingerprint density at radius 2 is 2.15 bits per heavy atom. The predicted octanol–water partition coefficient (Wildman–Crippen LogP) is 1.90. The second kappa shape index (κ2) is 7.19. The van der Waals surface area contributed by atoms with Crippen LogP contribution in [0.3, 0.4) is 0 Å². The molecule has 0 bridgehead atoms. The number of hydrogen-bond donors (Lipinski definition) is 2. The number of rotatable bonds is 6. The van der Waals surface area contributed by atoms with Crippen molar-refractivity contribution in [3.05, 3.63) is 29.8 Å². The molecule has 1 amide bonds. The summed E-state index contributed by atoms with van der Waals surface area (Å²) in [5.41, 5.74) is 0.851. The normalized spacial score (nSPS) is 18.2. The lowest BCUT2D eigenvalue weighted by Gasteiger charge is -2.10. The Bertz CT molecular complexity index is 431. The lowest BCUT2D eigenvalue weighted by atomic mass is 10.0. The van der Waals surface area contributed by atoms with Gasteiger partial charge in [0, 0.05) is 13.0 Å². The molecule has 20 heavy (non-hydrogen) atoms. The van der Waals surface area contributed by atoms with Crippen LogP contribution in [0.5, 0.6) is 5.75 Å². The van der Waals surface area contributed by atoms with Crippen molar-refractivity contribution in [2.75, 3.05) is 13.1 Å². The molecule has 6 heteroatoms. The summed E-state index contributed by atoms with van der Waals surface area (Å²) in [6, 6.07) is 6.26. The van der Waals surface area contributed by atoms with Crippen LogP contribution in [0.15, 0.2) is 24.3 Å². The third-order valence-electron chi connectivity index (χ3n) is 3.27. The largest absolute Gasteiger partial charge is 0.435 e. The van der Waals surface area contributed by atoms with E-state index in [0.717, 1.165) is 25.1 Å². The highest BCUT2D eigenvalue weighted by atomic mass is 19.3. The van der Waals surface area contributed by atoms with Crippen LogP contribution in [0, 0.1) is 5.92 Å². The van der Waals surface area contributed by atoms with Crippen LogP contribution in [0.1, 0.15) is 18.4 Å². The van der Waals surface area contributed by atoms with Crippen LogP contribution < -0.4 is 15.4 Å². The van der Waals surface area contributed by atoms with Crippen molar-refractivity contribution < 1.29 is 18.3 Å². The summed E-state index contributed by atoms with van der Waals surface area (Å²) in [5, 5.41) is 6.05. The molecular formula is C14H18F2N2O2. The Morgan fingerprint density at radius 3 is 2.75 bits per heavy atom. The van der Waals surface area contributed by atoms with Gasteiger partial charge in [-0.2, -0.15) is 8.78 Å². The third-order valence-corrected chi connectivity index (χ3v) is 3.27. The van der Waals surface area contributed by atoms with Crippen LogP contribution in [-0.4, -0.2) is 25.6 Å². The van der Waals surface area contributed by atoms with Crippen molar-refractivity contribution in [1.29, 1.82) is 0 Å². The molecule has 1 saturated heterocycles. The fourth-order valence-corrected chi connectivity index (χ4v) is 2.21. The van der Waals surface area contributed by atoms with Crippen LogP contribution in [0.25, 0.3) is 0 Å². The van der Waals surface area contributed by atoms with Crippen LogP contribution in [0.2, 0.25) is 0 Å². The van der Waals surface area contributed by atoms with E-state index in [9.17, 15) is 13.6 Å². The molecule has 2 N–H and O–H groups in total. The molecule has 110 valence electrons. The summed E-state index contributed by atoms with van der Waals surface area (Å²) in [4.78, 5) is 11.7. The first kappa shape index (κ1) is 14.7. The lowest BCUT2D eigenvalue weighted by Crippen LogP contribution is -2.25. The minimum Gasteiger partial charge on any atom is -0.435 e. The van der Waals surface area contributed by atoms with Gasteiger partial charge in [0.1, 0.15) is 5.75 Å². The van der Waals surface area contributed by atoms with Crippen molar-refractivity contribution in [2.24, 2.45) is 5.92 Å². The maximum Gasteiger partial charge on any atom is 0.387 e. The maximum atomic E-state index is 12.0. The Morgan fingerprint density at radius 1 is 1.40 bits per heavy atom. The van der Waals surface area contributed by atoms with Crippen molar-refractivity contribution in [3.63, 3.8) is 0 Å².